The Hall–Kier alpha value is -3.70. The summed E-state index contributed by atoms with van der Waals surface area (Å²) in [4.78, 5) is 28.5. The average molecular weight is 407 g/mol. The number of rotatable bonds is 7. The molecular formula is C21H17N3O4S. The smallest absolute Gasteiger partial charge is 0.344 e. The van der Waals surface area contributed by atoms with E-state index in [0.717, 1.165) is 11.3 Å². The van der Waals surface area contributed by atoms with Gasteiger partial charge in [-0.3, -0.25) is 10.1 Å². The highest BCUT2D eigenvalue weighted by molar-refractivity contribution is 7.14. The summed E-state index contributed by atoms with van der Waals surface area (Å²) < 4.78 is 10.4. The van der Waals surface area contributed by atoms with E-state index in [9.17, 15) is 9.59 Å². The summed E-state index contributed by atoms with van der Waals surface area (Å²) >= 11 is 1.29. The Morgan fingerprint density at radius 2 is 1.90 bits per heavy atom. The van der Waals surface area contributed by atoms with Crippen molar-refractivity contribution in [3.8, 4) is 23.1 Å². The van der Waals surface area contributed by atoms with Crippen molar-refractivity contribution in [2.45, 2.75) is 13.0 Å². The Bertz CT molecular complexity index is 1030. The van der Waals surface area contributed by atoms with Crippen molar-refractivity contribution in [1.29, 1.82) is 5.26 Å². The molecule has 2 aromatic carbocycles. The first kappa shape index (κ1) is 20.0. The van der Waals surface area contributed by atoms with Crippen LogP contribution in [0.15, 0.2) is 60.0 Å². The van der Waals surface area contributed by atoms with Crippen molar-refractivity contribution >= 4 is 28.3 Å². The Balaban J connectivity index is 1.48. The van der Waals surface area contributed by atoms with Crippen LogP contribution < -0.4 is 10.1 Å². The lowest BCUT2D eigenvalue weighted by Gasteiger charge is -2.12. The highest BCUT2D eigenvalue weighted by Crippen LogP contribution is 2.24. The van der Waals surface area contributed by atoms with Gasteiger partial charge in [0.05, 0.1) is 17.3 Å². The van der Waals surface area contributed by atoms with E-state index in [-0.39, 0.29) is 6.61 Å². The number of ether oxygens (including phenoxy) is 2. The summed E-state index contributed by atoms with van der Waals surface area (Å²) in [5.74, 6) is -0.735. The van der Waals surface area contributed by atoms with Gasteiger partial charge in [0.2, 0.25) is 0 Å². The first-order valence-corrected chi connectivity index (χ1v) is 9.57. The molecule has 1 aromatic heterocycles. The van der Waals surface area contributed by atoms with Crippen LogP contribution in [0.5, 0.6) is 5.75 Å². The van der Waals surface area contributed by atoms with Gasteiger partial charge in [0.25, 0.3) is 5.91 Å². The number of nitrogens with zero attached hydrogens (tertiary/aromatic N) is 2. The number of nitriles is 1. The van der Waals surface area contributed by atoms with Crippen LogP contribution in [-0.4, -0.2) is 29.6 Å². The van der Waals surface area contributed by atoms with Gasteiger partial charge in [-0.05, 0) is 31.2 Å². The van der Waals surface area contributed by atoms with Gasteiger partial charge >= 0.3 is 5.97 Å². The molecule has 8 heteroatoms. The van der Waals surface area contributed by atoms with Crippen LogP contribution in [0.25, 0.3) is 11.3 Å². The summed E-state index contributed by atoms with van der Waals surface area (Å²) in [7, 11) is 0. The third-order valence-corrected chi connectivity index (χ3v) is 4.58. The molecule has 3 rings (SSSR count). The normalized spacial score (nSPS) is 11.2. The fraction of sp³-hybridized carbons (Fsp3) is 0.143. The van der Waals surface area contributed by atoms with E-state index < -0.39 is 18.0 Å². The van der Waals surface area contributed by atoms with Crippen LogP contribution in [0.2, 0.25) is 0 Å². The topological polar surface area (TPSA) is 101 Å². The number of hydrogen-bond acceptors (Lipinski definition) is 7. The first-order valence-electron chi connectivity index (χ1n) is 8.69. The van der Waals surface area contributed by atoms with Crippen molar-refractivity contribution < 1.29 is 19.1 Å². The quantitative estimate of drug-likeness (QED) is 0.600. The van der Waals surface area contributed by atoms with Crippen LogP contribution in [0.1, 0.15) is 12.5 Å². The van der Waals surface area contributed by atoms with Crippen LogP contribution in [0, 0.1) is 11.3 Å². The summed E-state index contributed by atoms with van der Waals surface area (Å²) in [5, 5.41) is 13.7. The molecule has 0 aliphatic carbocycles. The summed E-state index contributed by atoms with van der Waals surface area (Å²) in [6.45, 7) is 1.12. The van der Waals surface area contributed by atoms with Crippen LogP contribution in [-0.2, 0) is 14.3 Å². The van der Waals surface area contributed by atoms with Crippen LogP contribution in [0.3, 0.4) is 0 Å². The molecule has 0 radical (unpaired) electrons. The maximum absolute atomic E-state index is 12.2. The lowest BCUT2D eigenvalue weighted by molar-refractivity contribution is -0.155. The number of benzene rings is 2. The SMILES string of the molecule is C[C@H](OC(=O)COc1ccc(C#N)cc1)C(=O)Nc1nc(-c2ccccc2)cs1. The fourth-order valence-electron chi connectivity index (χ4n) is 2.33. The number of esters is 1. The zero-order valence-electron chi connectivity index (χ0n) is 15.5. The summed E-state index contributed by atoms with van der Waals surface area (Å²) in [5.41, 5.74) is 2.19. The van der Waals surface area contributed by atoms with E-state index in [1.807, 2.05) is 41.8 Å². The van der Waals surface area contributed by atoms with E-state index in [4.69, 9.17) is 14.7 Å². The molecule has 1 atom stereocenters. The minimum atomic E-state index is -1.00. The molecule has 29 heavy (non-hydrogen) atoms. The van der Waals surface area contributed by atoms with Crippen LogP contribution in [0.4, 0.5) is 5.13 Å². The fourth-order valence-corrected chi connectivity index (χ4v) is 3.05. The predicted molar refractivity (Wildman–Crippen MR) is 108 cm³/mol. The molecule has 0 spiro atoms. The molecule has 3 aromatic rings. The minimum Gasteiger partial charge on any atom is -0.482 e. The Morgan fingerprint density at radius 3 is 2.59 bits per heavy atom. The molecule has 1 heterocycles. The van der Waals surface area contributed by atoms with E-state index in [2.05, 4.69) is 10.3 Å². The second-order valence-electron chi connectivity index (χ2n) is 5.95. The molecular weight excluding hydrogens is 390 g/mol. The number of carbonyl (C=O) groups excluding carboxylic acids is 2. The third kappa shape index (κ3) is 5.64. The van der Waals surface area contributed by atoms with Crippen LogP contribution >= 0.6 is 11.3 Å². The number of nitrogens with one attached hydrogen (secondary N) is 1. The van der Waals surface area contributed by atoms with Crippen molar-refractivity contribution in [3.63, 3.8) is 0 Å². The van der Waals surface area contributed by atoms with Gasteiger partial charge in [-0.1, -0.05) is 30.3 Å². The zero-order valence-corrected chi connectivity index (χ0v) is 16.3. The van der Waals surface area contributed by atoms with Gasteiger partial charge in [-0.15, -0.1) is 11.3 Å². The minimum absolute atomic E-state index is 0.348. The number of thiazole rings is 1. The zero-order chi connectivity index (χ0) is 20.6. The summed E-state index contributed by atoms with van der Waals surface area (Å²) in [6, 6.07) is 17.9. The average Bonchev–Trinajstić information content (AvgIpc) is 3.21. The molecule has 146 valence electrons. The van der Waals surface area contributed by atoms with Gasteiger partial charge in [-0.2, -0.15) is 5.26 Å². The first-order chi connectivity index (χ1) is 14.0. The van der Waals surface area contributed by atoms with E-state index in [1.54, 1.807) is 24.3 Å². The van der Waals surface area contributed by atoms with Crippen molar-refractivity contribution in [2.24, 2.45) is 0 Å². The number of anilines is 1. The van der Waals surface area contributed by atoms with Crippen molar-refractivity contribution in [3.05, 3.63) is 65.5 Å². The van der Waals surface area contributed by atoms with E-state index in [0.29, 0.717) is 16.4 Å². The third-order valence-electron chi connectivity index (χ3n) is 3.82. The standard InChI is InChI=1S/C21H17N3O4S/c1-14(28-19(25)12-27-17-9-7-15(11-22)8-10-17)20(26)24-21-23-18(13-29-21)16-5-3-2-4-6-16/h2-10,13-14H,12H2,1H3,(H,23,24,26)/t14-/m0/s1. The van der Waals surface area contributed by atoms with Gasteiger partial charge in [0, 0.05) is 10.9 Å². The second-order valence-corrected chi connectivity index (χ2v) is 6.81. The Morgan fingerprint density at radius 1 is 1.17 bits per heavy atom. The molecule has 0 aliphatic heterocycles. The number of hydrogen-bond donors (Lipinski definition) is 1. The monoisotopic (exact) mass is 407 g/mol. The highest BCUT2D eigenvalue weighted by atomic mass is 32.1. The molecule has 0 unspecified atom stereocenters. The maximum Gasteiger partial charge on any atom is 0.344 e. The molecule has 0 saturated heterocycles. The van der Waals surface area contributed by atoms with Gasteiger partial charge in [-0.25, -0.2) is 9.78 Å². The van der Waals surface area contributed by atoms with E-state index in [1.165, 1.54) is 18.3 Å². The van der Waals surface area contributed by atoms with Gasteiger partial charge in [0.1, 0.15) is 5.75 Å². The number of aromatic nitrogens is 1. The Labute approximate surface area is 171 Å². The Kier molecular flexibility index (Phi) is 6.55. The molecule has 1 N–H and O–H groups in total. The predicted octanol–water partition coefficient (Wildman–Crippen LogP) is 3.63. The summed E-state index contributed by atoms with van der Waals surface area (Å²) in [6.07, 6.45) is -1.00. The van der Waals surface area contributed by atoms with Crippen molar-refractivity contribution in [1.82, 2.24) is 4.98 Å². The molecule has 0 saturated carbocycles. The largest absolute Gasteiger partial charge is 0.482 e. The molecule has 0 aliphatic rings. The van der Waals surface area contributed by atoms with E-state index >= 15 is 0 Å². The van der Waals surface area contributed by atoms with Gasteiger partial charge in [0.15, 0.2) is 17.8 Å². The van der Waals surface area contributed by atoms with Crippen molar-refractivity contribution in [2.75, 3.05) is 11.9 Å². The number of carbonyl (C=O) groups is 2. The second kappa shape index (κ2) is 9.48. The lowest BCUT2D eigenvalue weighted by atomic mass is 10.2. The molecule has 7 nitrogen and oxygen atoms in total. The molecule has 0 fully saturated rings. The number of amides is 1. The molecule has 1 amide bonds. The van der Waals surface area contributed by atoms with Gasteiger partial charge < -0.3 is 9.47 Å². The molecule has 0 bridgehead atoms. The lowest BCUT2D eigenvalue weighted by Crippen LogP contribution is -2.31. The highest BCUT2D eigenvalue weighted by Gasteiger charge is 2.19. The maximum atomic E-state index is 12.2.